The van der Waals surface area contributed by atoms with Crippen LogP contribution in [-0.4, -0.2) is 33.6 Å². The van der Waals surface area contributed by atoms with Crippen LogP contribution in [0.25, 0.3) is 0 Å². The summed E-state index contributed by atoms with van der Waals surface area (Å²) in [6.07, 6.45) is 3.07. The molecule has 1 saturated heterocycles. The lowest BCUT2D eigenvalue weighted by Gasteiger charge is -2.22. The Bertz CT molecular complexity index is 381. The third kappa shape index (κ3) is 1.91. The van der Waals surface area contributed by atoms with Crippen molar-refractivity contribution < 1.29 is 9.90 Å². The van der Waals surface area contributed by atoms with Crippen molar-refractivity contribution in [2.75, 3.05) is 11.4 Å². The van der Waals surface area contributed by atoms with Crippen molar-refractivity contribution in [1.29, 1.82) is 0 Å². The van der Waals surface area contributed by atoms with Crippen molar-refractivity contribution in [1.82, 2.24) is 9.97 Å². The van der Waals surface area contributed by atoms with Crippen LogP contribution >= 0.6 is 0 Å². The van der Waals surface area contributed by atoms with E-state index < -0.39 is 12.0 Å². The first-order chi connectivity index (χ1) is 7.18. The number of hydrogen-bond donors (Lipinski definition) is 1. The van der Waals surface area contributed by atoms with Gasteiger partial charge >= 0.3 is 5.97 Å². The summed E-state index contributed by atoms with van der Waals surface area (Å²) in [6, 6.07) is 1.39. The Kier molecular flexibility index (Phi) is 2.53. The molecule has 1 aliphatic heterocycles. The van der Waals surface area contributed by atoms with E-state index in [1.807, 2.05) is 17.9 Å². The van der Waals surface area contributed by atoms with Crippen LogP contribution < -0.4 is 4.90 Å². The number of rotatable bonds is 2. The van der Waals surface area contributed by atoms with Gasteiger partial charge in [-0.15, -0.1) is 0 Å². The van der Waals surface area contributed by atoms with Gasteiger partial charge in [-0.25, -0.2) is 14.8 Å². The van der Waals surface area contributed by atoms with Gasteiger partial charge in [-0.05, 0) is 19.8 Å². The Balaban J connectivity index is 2.26. The smallest absolute Gasteiger partial charge is 0.326 e. The SMILES string of the molecule is Cc1cc(N2CCC[C@H]2C(=O)O)ncn1. The fourth-order valence-electron chi connectivity index (χ4n) is 1.90. The molecule has 0 saturated carbocycles. The molecule has 0 aliphatic carbocycles. The Hall–Kier alpha value is -1.65. The molecule has 2 rings (SSSR count). The number of carbonyl (C=O) groups is 1. The third-order valence-electron chi connectivity index (χ3n) is 2.62. The highest BCUT2D eigenvalue weighted by atomic mass is 16.4. The maximum Gasteiger partial charge on any atom is 0.326 e. The van der Waals surface area contributed by atoms with E-state index in [-0.39, 0.29) is 0 Å². The standard InChI is InChI=1S/C10H13N3O2/c1-7-5-9(12-6-11-7)13-4-2-3-8(13)10(14)15/h5-6,8H,2-4H2,1H3,(H,14,15)/t8-/m0/s1. The molecule has 5 nitrogen and oxygen atoms in total. The molecule has 0 unspecified atom stereocenters. The Labute approximate surface area is 87.8 Å². The van der Waals surface area contributed by atoms with Crippen molar-refractivity contribution in [3.63, 3.8) is 0 Å². The quantitative estimate of drug-likeness (QED) is 0.778. The maximum absolute atomic E-state index is 11.0. The van der Waals surface area contributed by atoms with Crippen LogP contribution in [0, 0.1) is 6.92 Å². The van der Waals surface area contributed by atoms with E-state index in [9.17, 15) is 4.79 Å². The van der Waals surface area contributed by atoms with E-state index in [2.05, 4.69) is 9.97 Å². The topological polar surface area (TPSA) is 66.3 Å². The van der Waals surface area contributed by atoms with Crippen molar-refractivity contribution in [3.05, 3.63) is 18.1 Å². The summed E-state index contributed by atoms with van der Waals surface area (Å²) in [4.78, 5) is 20.9. The number of carboxylic acids is 1. The number of aromatic nitrogens is 2. The van der Waals surface area contributed by atoms with E-state index in [0.717, 1.165) is 18.7 Å². The molecule has 0 bridgehead atoms. The normalized spacial score (nSPS) is 20.6. The second kappa shape index (κ2) is 3.84. The molecular formula is C10H13N3O2. The van der Waals surface area contributed by atoms with E-state index in [4.69, 9.17) is 5.11 Å². The van der Waals surface area contributed by atoms with Crippen molar-refractivity contribution >= 4 is 11.8 Å². The highest BCUT2D eigenvalue weighted by Crippen LogP contribution is 2.23. The van der Waals surface area contributed by atoms with Gasteiger partial charge in [0.15, 0.2) is 0 Å². The largest absolute Gasteiger partial charge is 0.480 e. The summed E-state index contributed by atoms with van der Waals surface area (Å²) in [5.41, 5.74) is 0.857. The average molecular weight is 207 g/mol. The molecule has 1 fully saturated rings. The molecule has 0 spiro atoms. The van der Waals surface area contributed by atoms with Gasteiger partial charge in [0.05, 0.1) is 0 Å². The van der Waals surface area contributed by atoms with Gasteiger partial charge in [-0.2, -0.15) is 0 Å². The molecule has 2 heterocycles. The Morgan fingerprint density at radius 2 is 2.40 bits per heavy atom. The number of nitrogens with zero attached hydrogens (tertiary/aromatic N) is 3. The maximum atomic E-state index is 11.0. The van der Waals surface area contributed by atoms with E-state index in [1.54, 1.807) is 0 Å². The lowest BCUT2D eigenvalue weighted by molar-refractivity contribution is -0.138. The Morgan fingerprint density at radius 1 is 1.60 bits per heavy atom. The van der Waals surface area contributed by atoms with Crippen molar-refractivity contribution in [3.8, 4) is 0 Å². The highest BCUT2D eigenvalue weighted by molar-refractivity contribution is 5.78. The number of anilines is 1. The van der Waals surface area contributed by atoms with Crippen molar-refractivity contribution in [2.24, 2.45) is 0 Å². The van der Waals surface area contributed by atoms with Crippen LogP contribution in [0.5, 0.6) is 0 Å². The van der Waals surface area contributed by atoms with Crippen molar-refractivity contribution in [2.45, 2.75) is 25.8 Å². The summed E-state index contributed by atoms with van der Waals surface area (Å²) in [5.74, 6) is -0.0591. The summed E-state index contributed by atoms with van der Waals surface area (Å²) in [7, 11) is 0. The molecule has 1 aromatic heterocycles. The average Bonchev–Trinajstić information content (AvgIpc) is 2.65. The Morgan fingerprint density at radius 3 is 3.07 bits per heavy atom. The van der Waals surface area contributed by atoms with Gasteiger partial charge in [0, 0.05) is 18.3 Å². The first-order valence-corrected chi connectivity index (χ1v) is 4.96. The van der Waals surface area contributed by atoms with E-state index in [0.29, 0.717) is 12.2 Å². The van der Waals surface area contributed by atoms with E-state index >= 15 is 0 Å². The third-order valence-corrected chi connectivity index (χ3v) is 2.62. The number of aryl methyl sites for hydroxylation is 1. The zero-order chi connectivity index (χ0) is 10.8. The van der Waals surface area contributed by atoms with Gasteiger partial charge in [0.25, 0.3) is 0 Å². The van der Waals surface area contributed by atoms with Crippen LogP contribution in [0.3, 0.4) is 0 Å². The van der Waals surface area contributed by atoms with Gasteiger partial charge in [-0.3, -0.25) is 0 Å². The molecule has 1 aliphatic rings. The molecule has 1 aromatic rings. The predicted molar refractivity (Wildman–Crippen MR) is 54.8 cm³/mol. The molecule has 0 radical (unpaired) electrons. The fourth-order valence-corrected chi connectivity index (χ4v) is 1.90. The second-order valence-electron chi connectivity index (χ2n) is 3.71. The molecule has 0 amide bonds. The summed E-state index contributed by atoms with van der Waals surface area (Å²) < 4.78 is 0. The summed E-state index contributed by atoms with van der Waals surface area (Å²) in [5, 5.41) is 9.03. The second-order valence-corrected chi connectivity index (χ2v) is 3.71. The van der Waals surface area contributed by atoms with Crippen LogP contribution in [-0.2, 0) is 4.79 Å². The number of carboxylic acid groups (broad SMARTS) is 1. The minimum absolute atomic E-state index is 0.431. The van der Waals surface area contributed by atoms with Crippen LogP contribution in [0.1, 0.15) is 18.5 Å². The van der Waals surface area contributed by atoms with Gasteiger partial charge in [0.1, 0.15) is 18.2 Å². The molecule has 1 N–H and O–H groups in total. The van der Waals surface area contributed by atoms with Gasteiger partial charge in [-0.1, -0.05) is 0 Å². The summed E-state index contributed by atoms with van der Waals surface area (Å²) >= 11 is 0. The van der Waals surface area contributed by atoms with Crippen LogP contribution in [0.4, 0.5) is 5.82 Å². The molecule has 0 aromatic carbocycles. The lowest BCUT2D eigenvalue weighted by atomic mass is 10.2. The first kappa shape index (κ1) is 9.89. The molecule has 80 valence electrons. The van der Waals surface area contributed by atoms with E-state index in [1.165, 1.54) is 6.33 Å². The van der Waals surface area contributed by atoms with Crippen LogP contribution in [0.15, 0.2) is 12.4 Å². The zero-order valence-electron chi connectivity index (χ0n) is 8.55. The summed E-state index contributed by atoms with van der Waals surface area (Å²) in [6.45, 7) is 2.63. The minimum Gasteiger partial charge on any atom is -0.480 e. The zero-order valence-corrected chi connectivity index (χ0v) is 8.55. The van der Waals surface area contributed by atoms with Gasteiger partial charge in [0.2, 0.25) is 0 Å². The first-order valence-electron chi connectivity index (χ1n) is 4.96. The molecule has 1 atom stereocenters. The highest BCUT2D eigenvalue weighted by Gasteiger charge is 2.31. The molecule has 15 heavy (non-hydrogen) atoms. The predicted octanol–water partition coefficient (Wildman–Crippen LogP) is 0.838. The van der Waals surface area contributed by atoms with Crippen LogP contribution in [0.2, 0.25) is 0 Å². The number of aliphatic carboxylic acids is 1. The molecule has 5 heteroatoms. The van der Waals surface area contributed by atoms with Gasteiger partial charge < -0.3 is 10.0 Å². The minimum atomic E-state index is -0.774. The fraction of sp³-hybridized carbons (Fsp3) is 0.500. The monoisotopic (exact) mass is 207 g/mol. The number of hydrogen-bond acceptors (Lipinski definition) is 4. The molecular weight excluding hydrogens is 194 g/mol. The lowest BCUT2D eigenvalue weighted by Crippen LogP contribution is -2.36.